The number of benzene rings is 3. The maximum atomic E-state index is 13.5. The summed E-state index contributed by atoms with van der Waals surface area (Å²) in [5.74, 6) is 4.38. The Hall–Kier alpha value is -3.56. The van der Waals surface area contributed by atoms with Gasteiger partial charge >= 0.3 is 0 Å². The largest absolute Gasteiger partial charge is 0.508 e. The Balaban J connectivity index is 1.66. The summed E-state index contributed by atoms with van der Waals surface area (Å²) < 4.78 is 19.6. The Labute approximate surface area is 169 Å². The third kappa shape index (κ3) is 4.65. The van der Waals surface area contributed by atoms with E-state index in [1.165, 1.54) is 0 Å². The predicted octanol–water partition coefficient (Wildman–Crippen LogP) is 5.62. The van der Waals surface area contributed by atoms with Crippen LogP contribution in [0.3, 0.4) is 0 Å². The molecule has 1 aliphatic rings. The lowest BCUT2D eigenvalue weighted by Crippen LogP contribution is -2.06. The van der Waals surface area contributed by atoms with Crippen LogP contribution in [0.25, 0.3) is 11.5 Å². The maximum Gasteiger partial charge on any atom is 0.235 e. The van der Waals surface area contributed by atoms with E-state index in [-0.39, 0.29) is 5.75 Å². The number of phenols is 1. The molecule has 5 nitrogen and oxygen atoms in total. The fraction of sp³-hybridized carbons (Fsp3) is 0. The fourth-order valence-corrected chi connectivity index (χ4v) is 4.37. The molecular weight excluding hydrogens is 383 g/mol. The van der Waals surface area contributed by atoms with Crippen LogP contribution < -0.4 is 5.20 Å². The van der Waals surface area contributed by atoms with Gasteiger partial charge in [0.2, 0.25) is 7.29 Å². The maximum absolute atomic E-state index is 13.5. The molecule has 144 valence electrons. The molecule has 1 heterocycles. The number of aromatic hydroxyl groups is 1. The Morgan fingerprint density at radius 3 is 1.83 bits per heavy atom. The van der Waals surface area contributed by atoms with Gasteiger partial charge in [-0.25, -0.2) is 0 Å². The van der Waals surface area contributed by atoms with E-state index in [2.05, 4.69) is 10.3 Å². The first-order valence-electron chi connectivity index (χ1n) is 9.04. The first-order valence-corrected chi connectivity index (χ1v) is 10.9. The average Bonchev–Trinajstić information content (AvgIpc) is 2.76. The predicted molar refractivity (Wildman–Crippen MR) is 116 cm³/mol. The van der Waals surface area contributed by atoms with Gasteiger partial charge in [0.15, 0.2) is 0 Å². The van der Waals surface area contributed by atoms with Gasteiger partial charge in [0, 0.05) is 22.8 Å². The second-order valence-electron chi connectivity index (χ2n) is 6.48. The number of phenolic OH excluding ortho intramolecular Hbond substituents is 1. The third-order valence-electron chi connectivity index (χ3n) is 4.28. The summed E-state index contributed by atoms with van der Waals surface area (Å²) >= 11 is 0. The van der Waals surface area contributed by atoms with Crippen molar-refractivity contribution in [2.24, 2.45) is 5.10 Å². The normalized spacial score (nSPS) is 15.3. The van der Waals surface area contributed by atoms with E-state index in [1.807, 2.05) is 60.7 Å². The second kappa shape index (κ2) is 8.21. The zero-order valence-corrected chi connectivity index (χ0v) is 16.4. The van der Waals surface area contributed by atoms with E-state index >= 15 is 0 Å². The highest BCUT2D eigenvalue weighted by Gasteiger charge is 2.26. The molecular formula is C23H19N2O3P. The number of hydrogen-bond acceptors (Lipinski definition) is 4. The summed E-state index contributed by atoms with van der Waals surface area (Å²) in [5.41, 5.74) is 2.44. The molecule has 0 amide bonds. The summed E-state index contributed by atoms with van der Waals surface area (Å²) in [6, 6.07) is 25.7. The molecule has 0 saturated heterocycles. The van der Waals surface area contributed by atoms with Crippen LogP contribution in [-0.4, -0.2) is 11.3 Å². The molecule has 0 atom stereocenters. The molecule has 3 aromatic rings. The van der Waals surface area contributed by atoms with E-state index in [4.69, 9.17) is 4.74 Å². The number of hydrazone groups is 1. The molecule has 29 heavy (non-hydrogen) atoms. The van der Waals surface area contributed by atoms with Crippen molar-refractivity contribution in [3.05, 3.63) is 113 Å². The molecule has 2 N–H and O–H groups in total. The summed E-state index contributed by atoms with van der Waals surface area (Å²) in [6.45, 7) is 0. The molecule has 0 bridgehead atoms. The zero-order valence-electron chi connectivity index (χ0n) is 15.5. The molecule has 6 heteroatoms. The van der Waals surface area contributed by atoms with Crippen molar-refractivity contribution >= 4 is 25.0 Å². The second-order valence-corrected chi connectivity index (χ2v) is 8.62. The van der Waals surface area contributed by atoms with Gasteiger partial charge in [-0.05, 0) is 29.8 Å². The van der Waals surface area contributed by atoms with Crippen molar-refractivity contribution in [2.45, 2.75) is 0 Å². The lowest BCUT2D eigenvalue weighted by Gasteiger charge is -2.22. The van der Waals surface area contributed by atoms with Crippen molar-refractivity contribution in [3.63, 3.8) is 0 Å². The Morgan fingerprint density at radius 1 is 0.793 bits per heavy atom. The highest BCUT2D eigenvalue weighted by molar-refractivity contribution is 7.68. The molecule has 0 saturated carbocycles. The van der Waals surface area contributed by atoms with Gasteiger partial charge in [-0.2, -0.15) is 5.10 Å². The molecule has 4 rings (SSSR count). The van der Waals surface area contributed by atoms with Crippen LogP contribution in [0.4, 0.5) is 0 Å². The summed E-state index contributed by atoms with van der Waals surface area (Å²) in [7, 11) is -3.15. The molecule has 0 fully saturated rings. The van der Waals surface area contributed by atoms with Crippen molar-refractivity contribution in [2.75, 3.05) is 0 Å². The van der Waals surface area contributed by atoms with E-state index in [9.17, 15) is 9.67 Å². The topological polar surface area (TPSA) is 70.9 Å². The summed E-state index contributed by atoms with van der Waals surface area (Å²) in [5, 5.41) is 16.3. The van der Waals surface area contributed by atoms with Crippen LogP contribution in [0, 0.1) is 0 Å². The SMILES string of the molecule is O=P1(N/N=C/c2ccc(O)cc2)C=C(c2ccccc2)OC(c2ccccc2)=C1. The molecule has 0 unspecified atom stereocenters. The quantitative estimate of drug-likeness (QED) is 0.330. The zero-order chi connectivity index (χ0) is 20.1. The highest BCUT2D eigenvalue weighted by Crippen LogP contribution is 2.53. The van der Waals surface area contributed by atoms with E-state index in [0.717, 1.165) is 16.7 Å². The number of rotatable bonds is 5. The van der Waals surface area contributed by atoms with Gasteiger partial charge in [-0.3, -0.25) is 9.76 Å². The monoisotopic (exact) mass is 402 g/mol. The van der Waals surface area contributed by atoms with Crippen molar-refractivity contribution < 1.29 is 14.4 Å². The van der Waals surface area contributed by atoms with Crippen molar-refractivity contribution in [1.29, 1.82) is 0 Å². The minimum absolute atomic E-state index is 0.179. The van der Waals surface area contributed by atoms with Crippen molar-refractivity contribution in [3.8, 4) is 5.75 Å². The van der Waals surface area contributed by atoms with Crippen LogP contribution in [0.2, 0.25) is 0 Å². The van der Waals surface area contributed by atoms with E-state index < -0.39 is 7.29 Å². The Kier molecular flexibility index (Phi) is 5.32. The minimum Gasteiger partial charge on any atom is -0.508 e. The van der Waals surface area contributed by atoms with Gasteiger partial charge < -0.3 is 9.84 Å². The van der Waals surface area contributed by atoms with E-state index in [0.29, 0.717) is 11.5 Å². The van der Waals surface area contributed by atoms with Crippen LogP contribution in [0.15, 0.2) is 102 Å². The molecule has 3 aromatic carbocycles. The fourth-order valence-electron chi connectivity index (χ4n) is 2.84. The Morgan fingerprint density at radius 2 is 1.31 bits per heavy atom. The van der Waals surface area contributed by atoms with Gasteiger partial charge in [0.25, 0.3) is 0 Å². The summed E-state index contributed by atoms with van der Waals surface area (Å²) in [6.07, 6.45) is 1.56. The van der Waals surface area contributed by atoms with Crippen LogP contribution in [-0.2, 0) is 9.30 Å². The molecule has 0 spiro atoms. The average molecular weight is 402 g/mol. The Bertz CT molecular complexity index is 1060. The molecule has 1 aliphatic heterocycles. The highest BCUT2D eigenvalue weighted by atomic mass is 31.2. The third-order valence-corrected chi connectivity index (χ3v) is 5.94. The van der Waals surface area contributed by atoms with E-state index in [1.54, 1.807) is 42.1 Å². The molecule has 0 aliphatic carbocycles. The van der Waals surface area contributed by atoms with Gasteiger partial charge in [0.05, 0.1) is 6.21 Å². The smallest absolute Gasteiger partial charge is 0.235 e. The van der Waals surface area contributed by atoms with Crippen LogP contribution >= 0.6 is 7.29 Å². The van der Waals surface area contributed by atoms with Gasteiger partial charge in [-0.15, -0.1) is 0 Å². The van der Waals surface area contributed by atoms with Gasteiger partial charge in [0.1, 0.15) is 17.3 Å². The lowest BCUT2D eigenvalue weighted by atomic mass is 10.2. The molecule has 0 aromatic heterocycles. The number of ether oxygens (including phenoxy) is 1. The van der Waals surface area contributed by atoms with Crippen molar-refractivity contribution in [1.82, 2.24) is 5.20 Å². The van der Waals surface area contributed by atoms with Gasteiger partial charge in [-0.1, -0.05) is 60.7 Å². The number of hydrogen-bond donors (Lipinski definition) is 2. The van der Waals surface area contributed by atoms with Crippen LogP contribution in [0.5, 0.6) is 5.75 Å². The number of nitrogens with one attached hydrogen (secondary N) is 1. The number of nitrogens with zero attached hydrogens (tertiary/aromatic N) is 1. The first kappa shape index (κ1) is 18.8. The molecule has 0 radical (unpaired) electrons. The summed E-state index contributed by atoms with van der Waals surface area (Å²) in [4.78, 5) is 0. The minimum atomic E-state index is -3.15. The standard InChI is InChI=1S/C23H19N2O3P/c26-21-13-11-18(12-14-21)15-24-25-29(27)16-22(19-7-3-1-4-8-19)28-23(17-29)20-9-5-2-6-10-20/h1-17,26H,(H,25,27)/b24-15+. The van der Waals surface area contributed by atoms with Crippen LogP contribution in [0.1, 0.15) is 16.7 Å². The first-order chi connectivity index (χ1) is 14.1. The lowest BCUT2D eigenvalue weighted by molar-refractivity contribution is 0.468.